The molecule has 0 radical (unpaired) electrons. The molecule has 0 aliphatic heterocycles. The Labute approximate surface area is 108 Å². The van der Waals surface area contributed by atoms with Gasteiger partial charge < -0.3 is 19.7 Å². The Balaban J connectivity index is 2.55. The number of methoxy groups -OCH3 is 1. The van der Waals surface area contributed by atoms with Crippen molar-refractivity contribution in [3.8, 4) is 11.5 Å². The van der Waals surface area contributed by atoms with Gasteiger partial charge in [0, 0.05) is 5.41 Å². The minimum absolute atomic E-state index is 0.0325. The first-order valence-corrected chi connectivity index (χ1v) is 6.19. The molecule has 0 heterocycles. The molecule has 0 fully saturated rings. The zero-order valence-electron chi connectivity index (χ0n) is 11.1. The number of ether oxygens (including phenoxy) is 2. The molecule has 0 bridgehead atoms. The first kappa shape index (κ1) is 14.8. The molecule has 0 aliphatic carbocycles. The summed E-state index contributed by atoms with van der Waals surface area (Å²) in [5.41, 5.74) is -0.456. The van der Waals surface area contributed by atoms with E-state index in [0.717, 1.165) is 6.42 Å². The molecular formula is C14H22O4. The van der Waals surface area contributed by atoms with E-state index in [1.807, 2.05) is 31.2 Å². The minimum Gasteiger partial charge on any atom is -0.493 e. The van der Waals surface area contributed by atoms with Gasteiger partial charge in [-0.1, -0.05) is 19.1 Å². The highest BCUT2D eigenvalue weighted by Gasteiger charge is 2.26. The summed E-state index contributed by atoms with van der Waals surface area (Å²) in [6.45, 7) is 2.33. The normalized spacial score (nSPS) is 11.3. The maximum absolute atomic E-state index is 9.33. The smallest absolute Gasteiger partial charge is 0.161 e. The molecule has 0 atom stereocenters. The second-order valence-corrected chi connectivity index (χ2v) is 4.42. The Morgan fingerprint density at radius 1 is 1.11 bits per heavy atom. The second kappa shape index (κ2) is 7.24. The van der Waals surface area contributed by atoms with Crippen molar-refractivity contribution in [3.05, 3.63) is 24.3 Å². The lowest BCUT2D eigenvalue weighted by Crippen LogP contribution is -2.31. The fraction of sp³-hybridized carbons (Fsp3) is 0.571. The Hall–Kier alpha value is -1.26. The molecule has 4 nitrogen and oxygen atoms in total. The fourth-order valence-electron chi connectivity index (χ4n) is 1.72. The standard InChI is InChI=1S/C14H22O4/c1-3-14(10-15,11-16)8-9-18-13-7-5-4-6-12(13)17-2/h4-7,15-16H,3,8-11H2,1-2H3. The topological polar surface area (TPSA) is 58.9 Å². The van der Waals surface area contributed by atoms with Gasteiger partial charge in [0.1, 0.15) is 0 Å². The van der Waals surface area contributed by atoms with Crippen LogP contribution < -0.4 is 9.47 Å². The van der Waals surface area contributed by atoms with Gasteiger partial charge >= 0.3 is 0 Å². The number of aliphatic hydroxyl groups is 2. The van der Waals surface area contributed by atoms with Crippen LogP contribution in [0, 0.1) is 5.41 Å². The summed E-state index contributed by atoms with van der Waals surface area (Å²) in [7, 11) is 1.60. The van der Waals surface area contributed by atoms with Crippen LogP contribution in [0.1, 0.15) is 19.8 Å². The predicted molar refractivity (Wildman–Crippen MR) is 70.0 cm³/mol. The van der Waals surface area contributed by atoms with Crippen molar-refractivity contribution in [1.82, 2.24) is 0 Å². The molecule has 1 rings (SSSR count). The van der Waals surface area contributed by atoms with Gasteiger partial charge in [-0.15, -0.1) is 0 Å². The monoisotopic (exact) mass is 254 g/mol. The summed E-state index contributed by atoms with van der Waals surface area (Å²) in [6.07, 6.45) is 1.32. The van der Waals surface area contributed by atoms with Gasteiger partial charge in [0.05, 0.1) is 26.9 Å². The molecule has 0 amide bonds. The molecule has 2 N–H and O–H groups in total. The van der Waals surface area contributed by atoms with E-state index >= 15 is 0 Å². The summed E-state index contributed by atoms with van der Waals surface area (Å²) in [5.74, 6) is 1.37. The number of para-hydroxylation sites is 2. The third-order valence-electron chi connectivity index (χ3n) is 3.38. The highest BCUT2D eigenvalue weighted by Crippen LogP contribution is 2.29. The van der Waals surface area contributed by atoms with Crippen LogP contribution in [-0.4, -0.2) is 37.1 Å². The van der Waals surface area contributed by atoms with Crippen molar-refractivity contribution in [1.29, 1.82) is 0 Å². The summed E-state index contributed by atoms with van der Waals surface area (Å²) >= 11 is 0. The summed E-state index contributed by atoms with van der Waals surface area (Å²) in [6, 6.07) is 7.43. The van der Waals surface area contributed by atoms with Gasteiger partial charge in [0.25, 0.3) is 0 Å². The predicted octanol–water partition coefficient (Wildman–Crippen LogP) is 1.85. The summed E-state index contributed by atoms with van der Waals surface area (Å²) in [4.78, 5) is 0. The van der Waals surface area contributed by atoms with Gasteiger partial charge in [-0.05, 0) is 25.0 Å². The van der Waals surface area contributed by atoms with Gasteiger partial charge in [0.2, 0.25) is 0 Å². The van der Waals surface area contributed by atoms with Crippen molar-refractivity contribution in [2.24, 2.45) is 5.41 Å². The third-order valence-corrected chi connectivity index (χ3v) is 3.38. The van der Waals surface area contributed by atoms with Crippen LogP contribution in [0.25, 0.3) is 0 Å². The van der Waals surface area contributed by atoms with Crippen molar-refractivity contribution < 1.29 is 19.7 Å². The first-order valence-electron chi connectivity index (χ1n) is 6.19. The number of hydrogen-bond acceptors (Lipinski definition) is 4. The van der Waals surface area contributed by atoms with Crippen LogP contribution in [0.4, 0.5) is 0 Å². The van der Waals surface area contributed by atoms with Crippen LogP contribution >= 0.6 is 0 Å². The Bertz CT molecular complexity index is 339. The maximum atomic E-state index is 9.33. The van der Waals surface area contributed by atoms with E-state index in [4.69, 9.17) is 9.47 Å². The zero-order chi connectivity index (χ0) is 13.4. The lowest BCUT2D eigenvalue weighted by molar-refractivity contribution is 0.0322. The van der Waals surface area contributed by atoms with E-state index in [0.29, 0.717) is 24.5 Å². The summed E-state index contributed by atoms with van der Waals surface area (Å²) in [5, 5.41) is 18.7. The number of hydrogen-bond donors (Lipinski definition) is 2. The first-order chi connectivity index (χ1) is 8.71. The van der Waals surface area contributed by atoms with Crippen molar-refractivity contribution >= 4 is 0 Å². The largest absolute Gasteiger partial charge is 0.493 e. The van der Waals surface area contributed by atoms with Crippen LogP contribution in [0.5, 0.6) is 11.5 Å². The molecule has 0 aromatic heterocycles. The zero-order valence-corrected chi connectivity index (χ0v) is 11.1. The van der Waals surface area contributed by atoms with E-state index in [-0.39, 0.29) is 13.2 Å². The van der Waals surface area contributed by atoms with Gasteiger partial charge in [0.15, 0.2) is 11.5 Å². The van der Waals surface area contributed by atoms with Crippen molar-refractivity contribution in [2.45, 2.75) is 19.8 Å². The molecule has 102 valence electrons. The Morgan fingerprint density at radius 2 is 1.72 bits per heavy atom. The number of benzene rings is 1. The van der Waals surface area contributed by atoms with Gasteiger partial charge in [-0.2, -0.15) is 0 Å². The third kappa shape index (κ3) is 3.62. The average Bonchev–Trinajstić information content (AvgIpc) is 2.44. The molecule has 18 heavy (non-hydrogen) atoms. The minimum atomic E-state index is -0.456. The molecule has 0 unspecified atom stereocenters. The van der Waals surface area contributed by atoms with Crippen LogP contribution in [0.2, 0.25) is 0 Å². The van der Waals surface area contributed by atoms with Gasteiger partial charge in [-0.25, -0.2) is 0 Å². The Kier molecular flexibility index (Phi) is 5.95. The molecular weight excluding hydrogens is 232 g/mol. The van der Waals surface area contributed by atoms with Gasteiger partial charge in [-0.3, -0.25) is 0 Å². The molecule has 1 aromatic rings. The SMILES string of the molecule is CCC(CO)(CO)CCOc1ccccc1OC. The number of aliphatic hydroxyl groups excluding tert-OH is 2. The van der Waals surface area contributed by atoms with E-state index in [1.165, 1.54) is 0 Å². The van der Waals surface area contributed by atoms with Crippen LogP contribution in [0.3, 0.4) is 0 Å². The average molecular weight is 254 g/mol. The lowest BCUT2D eigenvalue weighted by atomic mass is 9.84. The molecule has 4 heteroatoms. The van der Waals surface area contributed by atoms with E-state index < -0.39 is 5.41 Å². The van der Waals surface area contributed by atoms with Crippen molar-refractivity contribution in [2.75, 3.05) is 26.9 Å². The number of rotatable bonds is 8. The van der Waals surface area contributed by atoms with E-state index in [9.17, 15) is 10.2 Å². The molecule has 0 spiro atoms. The maximum Gasteiger partial charge on any atom is 0.161 e. The highest BCUT2D eigenvalue weighted by atomic mass is 16.5. The molecule has 0 aliphatic rings. The fourth-order valence-corrected chi connectivity index (χ4v) is 1.72. The highest BCUT2D eigenvalue weighted by molar-refractivity contribution is 5.39. The van der Waals surface area contributed by atoms with Crippen LogP contribution in [-0.2, 0) is 0 Å². The molecule has 0 saturated carbocycles. The van der Waals surface area contributed by atoms with E-state index in [2.05, 4.69) is 0 Å². The molecule has 1 aromatic carbocycles. The quantitative estimate of drug-likeness (QED) is 0.743. The van der Waals surface area contributed by atoms with E-state index in [1.54, 1.807) is 7.11 Å². The van der Waals surface area contributed by atoms with Crippen molar-refractivity contribution in [3.63, 3.8) is 0 Å². The second-order valence-electron chi connectivity index (χ2n) is 4.42. The molecule has 0 saturated heterocycles. The Morgan fingerprint density at radius 3 is 2.22 bits per heavy atom. The lowest BCUT2D eigenvalue weighted by Gasteiger charge is -2.28. The summed E-state index contributed by atoms with van der Waals surface area (Å²) < 4.78 is 10.8. The van der Waals surface area contributed by atoms with Crippen LogP contribution in [0.15, 0.2) is 24.3 Å².